The summed E-state index contributed by atoms with van der Waals surface area (Å²) in [6.07, 6.45) is 4.51. The van der Waals surface area contributed by atoms with Crippen molar-refractivity contribution in [2.24, 2.45) is 5.92 Å². The highest BCUT2D eigenvalue weighted by atomic mass is 32.1. The molecule has 0 aliphatic carbocycles. The summed E-state index contributed by atoms with van der Waals surface area (Å²) in [7, 11) is 0. The fraction of sp³-hybridized carbons (Fsp3) is 0.667. The molecule has 29 heavy (non-hydrogen) atoms. The molecule has 0 spiro atoms. The number of benzene rings is 1. The lowest BCUT2D eigenvalue weighted by Gasteiger charge is -2.53. The molecular formula is C24H30F2N2S. The lowest BCUT2D eigenvalue weighted by Crippen LogP contribution is -2.62. The largest absolute Gasteiger partial charge is 0.310 e. The maximum absolute atomic E-state index is 14.1. The first-order chi connectivity index (χ1) is 13.9. The number of alkyl halides is 2. The van der Waals surface area contributed by atoms with Crippen molar-refractivity contribution in [1.29, 1.82) is 0 Å². The first-order valence-electron chi connectivity index (χ1n) is 11.3. The van der Waals surface area contributed by atoms with Gasteiger partial charge >= 0.3 is 0 Å². The lowest BCUT2D eigenvalue weighted by molar-refractivity contribution is -0.137. The van der Waals surface area contributed by atoms with Gasteiger partial charge in [0.15, 0.2) is 0 Å². The Labute approximate surface area is 175 Å². The molecule has 4 unspecified atom stereocenters. The van der Waals surface area contributed by atoms with Crippen molar-refractivity contribution in [2.75, 3.05) is 6.54 Å². The summed E-state index contributed by atoms with van der Waals surface area (Å²) < 4.78 is 29.6. The van der Waals surface area contributed by atoms with E-state index in [1.165, 1.54) is 38.9 Å². The number of hydrogen-bond donors (Lipinski definition) is 1. The monoisotopic (exact) mass is 416 g/mol. The minimum Gasteiger partial charge on any atom is -0.310 e. The van der Waals surface area contributed by atoms with Crippen LogP contribution in [0.4, 0.5) is 8.78 Å². The predicted octanol–water partition coefficient (Wildman–Crippen LogP) is 6.00. The number of nitrogens with zero attached hydrogens (tertiary/aromatic N) is 1. The van der Waals surface area contributed by atoms with Crippen LogP contribution < -0.4 is 5.32 Å². The van der Waals surface area contributed by atoms with Gasteiger partial charge in [-0.2, -0.15) is 0 Å². The zero-order valence-electron chi connectivity index (χ0n) is 17.3. The number of piperidine rings is 2. The summed E-state index contributed by atoms with van der Waals surface area (Å²) in [5.41, 5.74) is 2.81. The van der Waals surface area contributed by atoms with Crippen molar-refractivity contribution in [3.63, 3.8) is 0 Å². The number of thiophene rings is 1. The molecule has 0 radical (unpaired) electrons. The van der Waals surface area contributed by atoms with Crippen LogP contribution in [0.1, 0.15) is 73.4 Å². The van der Waals surface area contributed by atoms with Crippen LogP contribution >= 0.6 is 11.3 Å². The molecule has 0 bridgehead atoms. The summed E-state index contributed by atoms with van der Waals surface area (Å²) in [6.45, 7) is 5.68. The fourth-order valence-electron chi connectivity index (χ4n) is 6.71. The van der Waals surface area contributed by atoms with E-state index in [-0.39, 0.29) is 24.9 Å². The molecule has 5 heteroatoms. The zero-order valence-corrected chi connectivity index (χ0v) is 18.1. The lowest BCUT2D eigenvalue weighted by atomic mass is 9.81. The number of rotatable bonds is 2. The van der Waals surface area contributed by atoms with Gasteiger partial charge < -0.3 is 5.32 Å². The topological polar surface area (TPSA) is 15.3 Å². The van der Waals surface area contributed by atoms with Gasteiger partial charge in [-0.25, -0.2) is 8.78 Å². The van der Waals surface area contributed by atoms with E-state index in [1.807, 2.05) is 11.3 Å². The Balaban J connectivity index is 1.30. The molecule has 6 rings (SSSR count). The van der Waals surface area contributed by atoms with Gasteiger partial charge in [-0.15, -0.1) is 11.3 Å². The molecule has 4 aliphatic heterocycles. The van der Waals surface area contributed by atoms with Crippen LogP contribution in [0.15, 0.2) is 18.2 Å². The van der Waals surface area contributed by atoms with Crippen LogP contribution in [0.2, 0.25) is 0 Å². The summed E-state index contributed by atoms with van der Waals surface area (Å²) in [5.74, 6) is -1.25. The highest BCUT2D eigenvalue weighted by Gasteiger charge is 2.60. The maximum atomic E-state index is 14.1. The highest BCUT2D eigenvalue weighted by Crippen LogP contribution is 2.57. The molecular weight excluding hydrogens is 386 g/mol. The Bertz CT molecular complexity index is 946. The van der Waals surface area contributed by atoms with E-state index in [0.29, 0.717) is 18.0 Å². The van der Waals surface area contributed by atoms with Gasteiger partial charge in [-0.1, -0.05) is 13.0 Å². The molecule has 2 nitrogen and oxygen atoms in total. The number of halogens is 2. The molecule has 1 aromatic carbocycles. The summed E-state index contributed by atoms with van der Waals surface area (Å²) >= 11 is 1.92. The normalized spacial score (nSPS) is 38.8. The van der Waals surface area contributed by atoms with Crippen molar-refractivity contribution in [1.82, 2.24) is 10.2 Å². The molecule has 4 fully saturated rings. The quantitative estimate of drug-likeness (QED) is 0.646. The second-order valence-electron chi connectivity index (χ2n) is 10.2. The Morgan fingerprint density at radius 3 is 2.69 bits per heavy atom. The molecule has 5 heterocycles. The van der Waals surface area contributed by atoms with E-state index >= 15 is 0 Å². The Hall–Kier alpha value is -1.04. The summed E-state index contributed by atoms with van der Waals surface area (Å²) in [6, 6.07) is 8.17. The standard InChI is InChI=1S/C24H30F2N2S/c1-13-3-5-20(27-12-13)15-4-6-22-18(7-15)14(2)23(29-22)19-8-16-10-24(25,26)11-17-9-21(19)28(16)17/h4,6-7,13,16-17,19-21,27H,3,5,8-12H2,1-2H3/t13-,16?,17?,19?,20+,21?/m0/s1. The predicted molar refractivity (Wildman–Crippen MR) is 115 cm³/mol. The fourth-order valence-corrected chi connectivity index (χ4v) is 8.07. The van der Waals surface area contributed by atoms with Gasteiger partial charge in [-0.3, -0.25) is 4.90 Å². The Kier molecular flexibility index (Phi) is 4.18. The van der Waals surface area contributed by atoms with E-state index in [9.17, 15) is 8.78 Å². The number of hydrogen-bond acceptors (Lipinski definition) is 3. The maximum Gasteiger partial charge on any atom is 0.251 e. The zero-order chi connectivity index (χ0) is 19.9. The van der Waals surface area contributed by atoms with Crippen LogP contribution in [0.25, 0.3) is 10.1 Å². The second-order valence-corrected chi connectivity index (χ2v) is 11.2. The van der Waals surface area contributed by atoms with E-state index in [1.54, 1.807) is 0 Å². The van der Waals surface area contributed by atoms with Gasteiger partial charge in [0.2, 0.25) is 0 Å². The van der Waals surface area contributed by atoms with Crippen LogP contribution in [-0.2, 0) is 0 Å². The van der Waals surface area contributed by atoms with Crippen molar-refractivity contribution >= 4 is 21.4 Å². The van der Waals surface area contributed by atoms with E-state index in [0.717, 1.165) is 25.3 Å². The SMILES string of the molecule is Cc1c(C2CC3CC(F)(F)CC4CC2N34)sc2ccc([C@H]3CC[C@H](C)CN3)cc12. The Morgan fingerprint density at radius 2 is 1.93 bits per heavy atom. The molecule has 4 saturated heterocycles. The Morgan fingerprint density at radius 1 is 1.14 bits per heavy atom. The molecule has 6 atom stereocenters. The third kappa shape index (κ3) is 2.91. The van der Waals surface area contributed by atoms with Gasteiger partial charge in [-0.05, 0) is 73.7 Å². The molecule has 156 valence electrons. The second kappa shape index (κ2) is 6.48. The van der Waals surface area contributed by atoms with Crippen molar-refractivity contribution < 1.29 is 8.78 Å². The number of fused-ring (bicyclic) bond motifs is 1. The molecule has 0 amide bonds. The van der Waals surface area contributed by atoms with Crippen molar-refractivity contribution in [3.05, 3.63) is 34.2 Å². The molecule has 2 aromatic rings. The van der Waals surface area contributed by atoms with E-state index in [4.69, 9.17) is 0 Å². The third-order valence-corrected chi connectivity index (χ3v) is 9.60. The minimum absolute atomic E-state index is 0.0658. The van der Waals surface area contributed by atoms with Gasteiger partial charge in [0.1, 0.15) is 0 Å². The molecule has 1 aromatic heterocycles. The number of aryl methyl sites for hydroxylation is 1. The molecule has 0 saturated carbocycles. The average Bonchev–Trinajstić information content (AvgIpc) is 3.15. The minimum atomic E-state index is -2.46. The van der Waals surface area contributed by atoms with E-state index in [2.05, 4.69) is 42.3 Å². The smallest absolute Gasteiger partial charge is 0.251 e. The summed E-state index contributed by atoms with van der Waals surface area (Å²) in [5, 5.41) is 5.10. The van der Waals surface area contributed by atoms with E-state index < -0.39 is 5.92 Å². The van der Waals surface area contributed by atoms with Gasteiger partial charge in [0, 0.05) is 52.5 Å². The van der Waals surface area contributed by atoms with Crippen LogP contribution in [0, 0.1) is 12.8 Å². The average molecular weight is 417 g/mol. The third-order valence-electron chi connectivity index (χ3n) is 8.20. The summed E-state index contributed by atoms with van der Waals surface area (Å²) in [4.78, 5) is 3.91. The number of nitrogens with one attached hydrogen (secondary N) is 1. The van der Waals surface area contributed by atoms with Crippen LogP contribution in [0.3, 0.4) is 0 Å². The first-order valence-corrected chi connectivity index (χ1v) is 12.1. The molecule has 1 N–H and O–H groups in total. The molecule has 4 aliphatic rings. The van der Waals surface area contributed by atoms with Gasteiger partial charge in [0.05, 0.1) is 0 Å². The van der Waals surface area contributed by atoms with Gasteiger partial charge in [0.25, 0.3) is 5.92 Å². The first kappa shape index (κ1) is 18.7. The van der Waals surface area contributed by atoms with Crippen LogP contribution in [0.5, 0.6) is 0 Å². The van der Waals surface area contributed by atoms with Crippen LogP contribution in [-0.4, -0.2) is 35.5 Å². The highest BCUT2D eigenvalue weighted by molar-refractivity contribution is 7.19. The van der Waals surface area contributed by atoms with Crippen molar-refractivity contribution in [2.45, 2.75) is 88.4 Å². The van der Waals surface area contributed by atoms with Crippen molar-refractivity contribution in [3.8, 4) is 0 Å².